The smallest absolute Gasteiger partial charge is 0.338 e. The van der Waals surface area contributed by atoms with Crippen LogP contribution in [0.15, 0.2) is 46.0 Å². The molecule has 2 aromatic rings. The van der Waals surface area contributed by atoms with Gasteiger partial charge in [0.2, 0.25) is 5.91 Å². The van der Waals surface area contributed by atoms with E-state index in [9.17, 15) is 23.9 Å². The van der Waals surface area contributed by atoms with Crippen LogP contribution in [0.4, 0.5) is 13.2 Å². The van der Waals surface area contributed by atoms with E-state index in [1.165, 1.54) is 52.2 Å². The molecule has 2 saturated heterocycles. The van der Waals surface area contributed by atoms with Gasteiger partial charge in [0.05, 0.1) is 36.7 Å². The van der Waals surface area contributed by atoms with Crippen LogP contribution in [0.2, 0.25) is 0 Å². The Morgan fingerprint density at radius 1 is 1.25 bits per heavy atom. The van der Waals surface area contributed by atoms with Crippen molar-refractivity contribution in [3.8, 4) is 0 Å². The van der Waals surface area contributed by atoms with Crippen LogP contribution in [0, 0.1) is 24.1 Å². The zero-order chi connectivity index (χ0) is 35.1. The van der Waals surface area contributed by atoms with E-state index in [2.05, 4.69) is 10.3 Å². The van der Waals surface area contributed by atoms with Gasteiger partial charge in [-0.25, -0.2) is 28.0 Å². The van der Waals surface area contributed by atoms with Crippen LogP contribution in [-0.4, -0.2) is 99.5 Å². The summed E-state index contributed by atoms with van der Waals surface area (Å²) >= 11 is 1.29. The molecular formula is C33H41F3N6O5S. The van der Waals surface area contributed by atoms with Crippen molar-refractivity contribution in [1.82, 2.24) is 25.2 Å². The zero-order valence-electron chi connectivity index (χ0n) is 27.8. The average Bonchev–Trinajstić information content (AvgIpc) is 3.74. The molecule has 1 aromatic carbocycles. The number of hydrogen-bond donors (Lipinski definition) is 2. The maximum absolute atomic E-state index is 16.1. The Morgan fingerprint density at radius 2 is 1.98 bits per heavy atom. The molecular weight excluding hydrogens is 649 g/mol. The first kappa shape index (κ1) is 35.5. The van der Waals surface area contributed by atoms with E-state index in [0.717, 1.165) is 0 Å². The van der Waals surface area contributed by atoms with E-state index in [-0.39, 0.29) is 55.4 Å². The van der Waals surface area contributed by atoms with Crippen molar-refractivity contribution >= 4 is 35.0 Å². The molecule has 2 fully saturated rings. The molecule has 260 valence electrons. The number of carboxylic acid groups (broad SMARTS) is 1. The molecule has 2 N–H and O–H groups in total. The number of carboxylic acids is 1. The molecule has 48 heavy (non-hydrogen) atoms. The molecule has 5 rings (SSSR count). The summed E-state index contributed by atoms with van der Waals surface area (Å²) in [6.07, 6.45) is 1.62. The number of esters is 1. The molecule has 0 radical (unpaired) electrons. The number of likely N-dealkylation sites (tertiary alicyclic amines) is 1. The molecule has 1 aromatic heterocycles. The van der Waals surface area contributed by atoms with Crippen molar-refractivity contribution in [2.75, 3.05) is 32.8 Å². The SMILES string of the molecule is CCOC(=O)C1=C(CN2CC(F)(F)C3C2CN(C(=O)C(C)C)N3CCC(C)(C)C(=O)O)NC(c2nccs2)=NC1c1cccc(F)c1C. The number of nitrogens with zero attached hydrogens (tertiary/aromatic N) is 5. The summed E-state index contributed by atoms with van der Waals surface area (Å²) in [6, 6.07) is 1.19. The lowest BCUT2D eigenvalue weighted by Crippen LogP contribution is -2.53. The lowest BCUT2D eigenvalue weighted by Gasteiger charge is -2.36. The molecule has 0 bridgehead atoms. The third kappa shape index (κ3) is 6.72. The number of aromatic nitrogens is 1. The van der Waals surface area contributed by atoms with E-state index in [0.29, 0.717) is 16.4 Å². The number of fused-ring (bicyclic) bond motifs is 1. The van der Waals surface area contributed by atoms with Crippen LogP contribution in [0.5, 0.6) is 0 Å². The fraction of sp³-hybridized carbons (Fsp3) is 0.545. The van der Waals surface area contributed by atoms with Crippen molar-refractivity contribution in [1.29, 1.82) is 0 Å². The van der Waals surface area contributed by atoms with Gasteiger partial charge in [-0.05, 0) is 51.3 Å². The van der Waals surface area contributed by atoms with Crippen molar-refractivity contribution < 1.29 is 37.4 Å². The van der Waals surface area contributed by atoms with Crippen molar-refractivity contribution in [3.63, 3.8) is 0 Å². The lowest BCUT2D eigenvalue weighted by molar-refractivity contribution is -0.161. The summed E-state index contributed by atoms with van der Waals surface area (Å²) in [5.41, 5.74) is -0.201. The zero-order valence-corrected chi connectivity index (χ0v) is 28.6. The second kappa shape index (κ2) is 13.6. The highest BCUT2D eigenvalue weighted by atomic mass is 32.1. The van der Waals surface area contributed by atoms with Crippen LogP contribution in [-0.2, 0) is 19.1 Å². The third-order valence-corrected chi connectivity index (χ3v) is 9.97. The van der Waals surface area contributed by atoms with Gasteiger partial charge in [-0.1, -0.05) is 26.0 Å². The molecule has 4 heterocycles. The number of amides is 1. The Morgan fingerprint density at radius 3 is 2.60 bits per heavy atom. The molecule has 11 nitrogen and oxygen atoms in total. The first-order chi connectivity index (χ1) is 22.6. The predicted molar refractivity (Wildman–Crippen MR) is 173 cm³/mol. The number of hydrazine groups is 1. The fourth-order valence-electron chi connectivity index (χ4n) is 6.44. The molecule has 1 amide bonds. The highest BCUT2D eigenvalue weighted by molar-refractivity contribution is 7.11. The minimum atomic E-state index is -3.30. The molecule has 0 saturated carbocycles. The van der Waals surface area contributed by atoms with Crippen LogP contribution < -0.4 is 5.32 Å². The number of rotatable bonds is 11. The minimum absolute atomic E-state index is 0.0333. The van der Waals surface area contributed by atoms with E-state index >= 15 is 8.78 Å². The maximum atomic E-state index is 16.1. The average molecular weight is 691 g/mol. The van der Waals surface area contributed by atoms with Gasteiger partial charge in [0.15, 0.2) is 10.8 Å². The Balaban J connectivity index is 1.57. The number of ether oxygens (including phenoxy) is 1. The lowest BCUT2D eigenvalue weighted by atomic mass is 9.89. The van der Waals surface area contributed by atoms with Gasteiger partial charge in [-0.2, -0.15) is 0 Å². The standard InChI is InChI=1S/C33H41F3N6O5S/c1-7-47-30(44)24-22(38-27(28-37-12-14-48-28)39-25(24)20-9-8-10-21(34)19(20)4)15-40-17-33(35,36)26-23(40)16-42(29(43)18(2)3)41(26)13-11-32(5,6)31(45)46/h8-10,12,14,18,23,25-26H,7,11,13,15-17H2,1-6H3,(H,38,39)(H,45,46). The number of aliphatic imine (C=N–C) groups is 1. The third-order valence-electron chi connectivity index (χ3n) is 9.19. The Kier molecular flexibility index (Phi) is 10.0. The topological polar surface area (TPSA) is 128 Å². The highest BCUT2D eigenvalue weighted by Gasteiger charge is 2.63. The Labute approximate surface area is 281 Å². The fourth-order valence-corrected chi connectivity index (χ4v) is 7.03. The number of hydrogen-bond acceptors (Lipinski definition) is 10. The number of carbonyl (C=O) groups is 3. The van der Waals surface area contributed by atoms with Crippen LogP contribution in [0.25, 0.3) is 0 Å². The van der Waals surface area contributed by atoms with Crippen LogP contribution in [0.3, 0.4) is 0 Å². The molecule has 0 spiro atoms. The van der Waals surface area contributed by atoms with Gasteiger partial charge >= 0.3 is 11.9 Å². The number of halogens is 3. The van der Waals surface area contributed by atoms with E-state index in [1.807, 2.05) is 0 Å². The maximum Gasteiger partial charge on any atom is 0.338 e. The first-order valence-electron chi connectivity index (χ1n) is 15.9. The molecule has 15 heteroatoms. The molecule has 3 atom stereocenters. The van der Waals surface area contributed by atoms with Gasteiger partial charge in [-0.15, -0.1) is 11.3 Å². The number of benzene rings is 1. The van der Waals surface area contributed by atoms with E-state index < -0.39 is 59.7 Å². The second-order valence-electron chi connectivity index (χ2n) is 13.3. The first-order valence-corrected chi connectivity index (χ1v) is 16.8. The van der Waals surface area contributed by atoms with Crippen LogP contribution in [0.1, 0.15) is 63.2 Å². The van der Waals surface area contributed by atoms with Crippen LogP contribution >= 0.6 is 11.3 Å². The summed E-state index contributed by atoms with van der Waals surface area (Å²) in [5.74, 6) is -6.13. The minimum Gasteiger partial charge on any atom is -0.481 e. The summed E-state index contributed by atoms with van der Waals surface area (Å²) in [7, 11) is 0. The molecule has 3 aliphatic rings. The summed E-state index contributed by atoms with van der Waals surface area (Å²) in [5, 5.41) is 17.8. The van der Waals surface area contributed by atoms with E-state index in [4.69, 9.17) is 9.73 Å². The van der Waals surface area contributed by atoms with Gasteiger partial charge < -0.3 is 15.2 Å². The normalized spacial score (nSPS) is 22.9. The quantitative estimate of drug-likeness (QED) is 0.330. The molecule has 0 aliphatic carbocycles. The number of carbonyl (C=O) groups excluding carboxylic acids is 2. The van der Waals surface area contributed by atoms with Crippen molar-refractivity contribution in [3.05, 3.63) is 63.0 Å². The summed E-state index contributed by atoms with van der Waals surface area (Å²) < 4.78 is 52.6. The molecule has 3 aliphatic heterocycles. The van der Waals surface area contributed by atoms with Crippen molar-refractivity contribution in [2.24, 2.45) is 16.3 Å². The monoisotopic (exact) mass is 690 g/mol. The largest absolute Gasteiger partial charge is 0.481 e. The number of amidine groups is 1. The van der Waals surface area contributed by atoms with Gasteiger partial charge in [0.25, 0.3) is 5.92 Å². The summed E-state index contributed by atoms with van der Waals surface area (Å²) in [6.45, 7) is 8.70. The molecule has 3 unspecified atom stereocenters. The van der Waals surface area contributed by atoms with E-state index in [1.54, 1.807) is 45.3 Å². The number of aliphatic carboxylic acids is 1. The van der Waals surface area contributed by atoms with Gasteiger partial charge in [-0.3, -0.25) is 24.5 Å². The highest BCUT2D eigenvalue weighted by Crippen LogP contribution is 2.43. The summed E-state index contributed by atoms with van der Waals surface area (Å²) in [4.78, 5) is 49.5. The van der Waals surface area contributed by atoms with Gasteiger partial charge in [0.1, 0.15) is 17.9 Å². The number of nitrogens with one attached hydrogen (secondary N) is 1. The number of alkyl halides is 2. The van der Waals surface area contributed by atoms with Gasteiger partial charge in [0, 0.05) is 36.3 Å². The Hall–Kier alpha value is -3.82. The number of thiazole rings is 1. The second-order valence-corrected chi connectivity index (χ2v) is 14.2. The predicted octanol–water partition coefficient (Wildman–Crippen LogP) is 4.40. The van der Waals surface area contributed by atoms with Crippen molar-refractivity contribution in [2.45, 2.75) is 72.0 Å². The Bertz CT molecular complexity index is 1630.